The molecule has 0 atom stereocenters. The molecule has 0 saturated carbocycles. The van der Waals surface area contributed by atoms with Crippen LogP contribution in [0.15, 0.2) is 35.1 Å². The van der Waals surface area contributed by atoms with E-state index in [-0.39, 0.29) is 0 Å². The SMILES string of the molecule is COCCNc1nccc(NCc2ccco2)n1. The van der Waals surface area contributed by atoms with E-state index in [0.29, 0.717) is 25.6 Å². The molecule has 2 aromatic rings. The number of methoxy groups -OCH3 is 1. The molecule has 0 aliphatic carbocycles. The van der Waals surface area contributed by atoms with Gasteiger partial charge >= 0.3 is 0 Å². The van der Waals surface area contributed by atoms with Crippen LogP contribution in [0.4, 0.5) is 11.8 Å². The Kier molecular flexibility index (Phi) is 4.54. The number of ether oxygens (including phenoxy) is 1. The second-order valence-electron chi connectivity index (χ2n) is 3.62. The van der Waals surface area contributed by atoms with Gasteiger partial charge in [-0.05, 0) is 18.2 Å². The second kappa shape index (κ2) is 6.61. The Balaban J connectivity index is 1.86. The molecule has 2 heterocycles. The van der Waals surface area contributed by atoms with Crippen LogP contribution in [0, 0.1) is 0 Å². The van der Waals surface area contributed by atoms with E-state index in [9.17, 15) is 0 Å². The first-order valence-electron chi connectivity index (χ1n) is 5.70. The van der Waals surface area contributed by atoms with Crippen molar-refractivity contribution in [3.63, 3.8) is 0 Å². The summed E-state index contributed by atoms with van der Waals surface area (Å²) in [5, 5.41) is 6.23. The minimum absolute atomic E-state index is 0.580. The van der Waals surface area contributed by atoms with Crippen LogP contribution in [-0.2, 0) is 11.3 Å². The lowest BCUT2D eigenvalue weighted by molar-refractivity contribution is 0.210. The summed E-state index contributed by atoms with van der Waals surface area (Å²) in [5.74, 6) is 2.19. The van der Waals surface area contributed by atoms with E-state index in [1.807, 2.05) is 18.2 Å². The maximum absolute atomic E-state index is 5.23. The highest BCUT2D eigenvalue weighted by Crippen LogP contribution is 2.08. The van der Waals surface area contributed by atoms with Crippen LogP contribution in [0.25, 0.3) is 0 Å². The van der Waals surface area contributed by atoms with Crippen molar-refractivity contribution in [3.8, 4) is 0 Å². The molecule has 0 aromatic carbocycles. The van der Waals surface area contributed by atoms with Crippen LogP contribution in [0.3, 0.4) is 0 Å². The first-order chi connectivity index (χ1) is 8.88. The van der Waals surface area contributed by atoms with Crippen LogP contribution in [0.1, 0.15) is 5.76 Å². The van der Waals surface area contributed by atoms with Crippen molar-refractivity contribution in [2.75, 3.05) is 30.9 Å². The van der Waals surface area contributed by atoms with Gasteiger partial charge in [0.25, 0.3) is 0 Å². The van der Waals surface area contributed by atoms with Gasteiger partial charge < -0.3 is 19.8 Å². The minimum atomic E-state index is 0.580. The minimum Gasteiger partial charge on any atom is -0.467 e. The van der Waals surface area contributed by atoms with E-state index in [1.54, 1.807) is 19.6 Å². The van der Waals surface area contributed by atoms with Crippen LogP contribution in [-0.4, -0.2) is 30.2 Å². The molecule has 6 heteroatoms. The van der Waals surface area contributed by atoms with E-state index in [4.69, 9.17) is 9.15 Å². The summed E-state index contributed by atoms with van der Waals surface area (Å²) in [6, 6.07) is 5.57. The predicted octanol–water partition coefficient (Wildman–Crippen LogP) is 1.74. The fraction of sp³-hybridized carbons (Fsp3) is 0.333. The van der Waals surface area contributed by atoms with Crippen molar-refractivity contribution in [1.29, 1.82) is 0 Å². The summed E-state index contributed by atoms with van der Waals surface area (Å²) in [7, 11) is 1.66. The van der Waals surface area contributed by atoms with E-state index in [0.717, 1.165) is 11.6 Å². The molecule has 2 N–H and O–H groups in total. The number of aromatic nitrogens is 2. The maximum Gasteiger partial charge on any atom is 0.224 e. The van der Waals surface area contributed by atoms with Crippen LogP contribution < -0.4 is 10.6 Å². The van der Waals surface area contributed by atoms with Gasteiger partial charge in [0.05, 0.1) is 19.4 Å². The molecule has 0 aliphatic rings. The Bertz CT molecular complexity index is 459. The van der Waals surface area contributed by atoms with Gasteiger partial charge in [0, 0.05) is 19.9 Å². The van der Waals surface area contributed by atoms with Crippen molar-refractivity contribution in [3.05, 3.63) is 36.4 Å². The Hall–Kier alpha value is -2.08. The summed E-state index contributed by atoms with van der Waals surface area (Å²) in [5.41, 5.74) is 0. The summed E-state index contributed by atoms with van der Waals surface area (Å²) >= 11 is 0. The molecular formula is C12H16N4O2. The quantitative estimate of drug-likeness (QED) is 0.727. The summed E-state index contributed by atoms with van der Waals surface area (Å²) in [6.07, 6.45) is 3.35. The number of anilines is 2. The van der Waals surface area contributed by atoms with Crippen molar-refractivity contribution in [1.82, 2.24) is 9.97 Å². The molecule has 0 fully saturated rings. The number of rotatable bonds is 7. The molecule has 0 spiro atoms. The molecule has 0 radical (unpaired) electrons. The summed E-state index contributed by atoms with van der Waals surface area (Å²) in [4.78, 5) is 8.43. The van der Waals surface area contributed by atoms with Gasteiger partial charge in [-0.25, -0.2) is 4.98 Å². The van der Waals surface area contributed by atoms with Crippen LogP contribution in [0.2, 0.25) is 0 Å². The van der Waals surface area contributed by atoms with Crippen LogP contribution in [0.5, 0.6) is 0 Å². The van der Waals surface area contributed by atoms with Gasteiger partial charge in [-0.15, -0.1) is 0 Å². The molecule has 0 amide bonds. The molecule has 0 bridgehead atoms. The Labute approximate surface area is 105 Å². The Morgan fingerprint density at radius 3 is 3.06 bits per heavy atom. The second-order valence-corrected chi connectivity index (χ2v) is 3.62. The van der Waals surface area contributed by atoms with Gasteiger partial charge in [0.1, 0.15) is 11.6 Å². The first-order valence-corrected chi connectivity index (χ1v) is 5.70. The molecule has 96 valence electrons. The Morgan fingerprint density at radius 1 is 1.33 bits per heavy atom. The highest BCUT2D eigenvalue weighted by atomic mass is 16.5. The molecule has 6 nitrogen and oxygen atoms in total. The summed E-state index contributed by atoms with van der Waals surface area (Å²) < 4.78 is 10.2. The van der Waals surface area contributed by atoms with Crippen molar-refractivity contribution >= 4 is 11.8 Å². The molecular weight excluding hydrogens is 232 g/mol. The lowest BCUT2D eigenvalue weighted by Gasteiger charge is -2.07. The Morgan fingerprint density at radius 2 is 2.28 bits per heavy atom. The maximum atomic E-state index is 5.23. The normalized spacial score (nSPS) is 10.3. The zero-order valence-electron chi connectivity index (χ0n) is 10.2. The van der Waals surface area contributed by atoms with E-state index in [1.165, 1.54) is 0 Å². The smallest absolute Gasteiger partial charge is 0.224 e. The average Bonchev–Trinajstić information content (AvgIpc) is 2.90. The topological polar surface area (TPSA) is 72.2 Å². The van der Waals surface area contributed by atoms with Gasteiger partial charge in [-0.3, -0.25) is 0 Å². The first kappa shape index (κ1) is 12.4. The number of furan rings is 1. The lowest BCUT2D eigenvalue weighted by atomic mass is 10.4. The third-order valence-corrected chi connectivity index (χ3v) is 2.27. The lowest BCUT2D eigenvalue weighted by Crippen LogP contribution is -2.11. The zero-order valence-corrected chi connectivity index (χ0v) is 10.2. The highest BCUT2D eigenvalue weighted by Gasteiger charge is 2.00. The molecule has 2 rings (SSSR count). The largest absolute Gasteiger partial charge is 0.467 e. The fourth-order valence-electron chi connectivity index (χ4n) is 1.40. The third-order valence-electron chi connectivity index (χ3n) is 2.27. The third kappa shape index (κ3) is 3.74. The van der Waals surface area contributed by atoms with Crippen LogP contribution >= 0.6 is 0 Å². The molecule has 2 aromatic heterocycles. The fourth-order valence-corrected chi connectivity index (χ4v) is 1.40. The van der Waals surface area contributed by atoms with Gasteiger partial charge in [0.15, 0.2) is 0 Å². The van der Waals surface area contributed by atoms with E-state index < -0.39 is 0 Å². The number of nitrogens with one attached hydrogen (secondary N) is 2. The monoisotopic (exact) mass is 248 g/mol. The highest BCUT2D eigenvalue weighted by molar-refractivity contribution is 5.39. The van der Waals surface area contributed by atoms with Gasteiger partial charge in [-0.2, -0.15) is 4.98 Å². The number of hydrogen-bond acceptors (Lipinski definition) is 6. The summed E-state index contributed by atoms with van der Waals surface area (Å²) in [6.45, 7) is 1.90. The number of nitrogens with zero attached hydrogens (tertiary/aromatic N) is 2. The molecule has 0 aliphatic heterocycles. The molecule has 18 heavy (non-hydrogen) atoms. The van der Waals surface area contributed by atoms with E-state index >= 15 is 0 Å². The van der Waals surface area contributed by atoms with E-state index in [2.05, 4.69) is 20.6 Å². The molecule has 0 unspecified atom stereocenters. The standard InChI is InChI=1S/C12H16N4O2/c1-17-8-6-14-12-13-5-4-11(16-12)15-9-10-3-2-7-18-10/h2-5,7H,6,8-9H2,1H3,(H2,13,14,15,16). The number of hydrogen-bond donors (Lipinski definition) is 2. The van der Waals surface area contributed by atoms with Crippen molar-refractivity contribution in [2.45, 2.75) is 6.54 Å². The predicted molar refractivity (Wildman–Crippen MR) is 68.4 cm³/mol. The zero-order chi connectivity index (χ0) is 12.6. The van der Waals surface area contributed by atoms with Gasteiger partial charge in [-0.1, -0.05) is 0 Å². The van der Waals surface area contributed by atoms with Crippen molar-refractivity contribution < 1.29 is 9.15 Å². The van der Waals surface area contributed by atoms with Gasteiger partial charge in [0.2, 0.25) is 5.95 Å². The van der Waals surface area contributed by atoms with Crippen molar-refractivity contribution in [2.24, 2.45) is 0 Å². The average molecular weight is 248 g/mol. The molecule has 0 saturated heterocycles.